The van der Waals surface area contributed by atoms with Gasteiger partial charge in [-0.3, -0.25) is 0 Å². The van der Waals surface area contributed by atoms with Gasteiger partial charge in [-0.05, 0) is 38.2 Å². The standard InChI is InChI=1S/C16H23N3/c1-5-13-12-16(19(4)11-10-18(2)3)17-15-9-7-6-8-14(13)15/h6-9,12H,5,10-11H2,1-4H3. The largest absolute Gasteiger partial charge is 0.358 e. The van der Waals surface area contributed by atoms with E-state index in [1.165, 1.54) is 10.9 Å². The molecule has 1 aromatic heterocycles. The van der Waals surface area contributed by atoms with Crippen LogP contribution in [0.25, 0.3) is 10.9 Å². The first-order valence-corrected chi connectivity index (χ1v) is 6.86. The van der Waals surface area contributed by atoms with Gasteiger partial charge in [0.05, 0.1) is 5.52 Å². The number of pyridine rings is 1. The predicted molar refractivity (Wildman–Crippen MR) is 82.9 cm³/mol. The maximum absolute atomic E-state index is 4.77. The van der Waals surface area contributed by atoms with E-state index in [1.54, 1.807) is 0 Å². The van der Waals surface area contributed by atoms with Crippen molar-refractivity contribution >= 4 is 16.7 Å². The van der Waals surface area contributed by atoms with Gasteiger partial charge in [-0.1, -0.05) is 25.1 Å². The number of fused-ring (bicyclic) bond motifs is 1. The normalized spacial score (nSPS) is 11.2. The third-order valence-corrected chi connectivity index (χ3v) is 3.44. The highest BCUT2D eigenvalue weighted by Crippen LogP contribution is 2.22. The summed E-state index contributed by atoms with van der Waals surface area (Å²) in [5.74, 6) is 1.07. The summed E-state index contributed by atoms with van der Waals surface area (Å²) < 4.78 is 0. The summed E-state index contributed by atoms with van der Waals surface area (Å²) >= 11 is 0. The molecule has 0 aliphatic rings. The molecule has 3 heteroatoms. The average Bonchev–Trinajstić information content (AvgIpc) is 2.43. The quantitative estimate of drug-likeness (QED) is 0.821. The number of rotatable bonds is 5. The van der Waals surface area contributed by atoms with Crippen LogP contribution in [0.4, 0.5) is 5.82 Å². The highest BCUT2D eigenvalue weighted by Gasteiger charge is 2.08. The number of aromatic nitrogens is 1. The zero-order chi connectivity index (χ0) is 13.8. The minimum atomic E-state index is 0.988. The van der Waals surface area contributed by atoms with Crippen molar-refractivity contribution in [2.45, 2.75) is 13.3 Å². The fourth-order valence-electron chi connectivity index (χ4n) is 2.18. The fraction of sp³-hybridized carbons (Fsp3) is 0.438. The van der Waals surface area contributed by atoms with Crippen LogP contribution in [0.2, 0.25) is 0 Å². The number of hydrogen-bond acceptors (Lipinski definition) is 3. The monoisotopic (exact) mass is 257 g/mol. The van der Waals surface area contributed by atoms with E-state index in [1.807, 2.05) is 0 Å². The van der Waals surface area contributed by atoms with Gasteiger partial charge in [0.15, 0.2) is 0 Å². The minimum Gasteiger partial charge on any atom is -0.358 e. The second-order valence-electron chi connectivity index (χ2n) is 5.24. The van der Waals surface area contributed by atoms with Crippen molar-refractivity contribution in [3.05, 3.63) is 35.9 Å². The molecule has 0 fully saturated rings. The van der Waals surface area contributed by atoms with Crippen LogP contribution < -0.4 is 4.90 Å². The molecule has 0 atom stereocenters. The van der Waals surface area contributed by atoms with Gasteiger partial charge < -0.3 is 9.80 Å². The topological polar surface area (TPSA) is 19.4 Å². The lowest BCUT2D eigenvalue weighted by Crippen LogP contribution is -2.29. The molecule has 1 heterocycles. The van der Waals surface area contributed by atoms with Crippen molar-refractivity contribution in [1.29, 1.82) is 0 Å². The lowest BCUT2D eigenvalue weighted by molar-refractivity contribution is 0.416. The molecule has 19 heavy (non-hydrogen) atoms. The van der Waals surface area contributed by atoms with E-state index in [9.17, 15) is 0 Å². The molecular formula is C16H23N3. The summed E-state index contributed by atoms with van der Waals surface area (Å²) in [5.41, 5.74) is 2.46. The Morgan fingerprint density at radius 1 is 1.05 bits per heavy atom. The zero-order valence-corrected chi connectivity index (χ0v) is 12.3. The molecule has 0 unspecified atom stereocenters. The van der Waals surface area contributed by atoms with Crippen LogP contribution in [0.3, 0.4) is 0 Å². The first-order valence-electron chi connectivity index (χ1n) is 6.86. The molecule has 0 radical (unpaired) electrons. The molecule has 102 valence electrons. The third-order valence-electron chi connectivity index (χ3n) is 3.44. The van der Waals surface area contributed by atoms with E-state index in [4.69, 9.17) is 4.98 Å². The van der Waals surface area contributed by atoms with Crippen LogP contribution in [-0.2, 0) is 6.42 Å². The molecule has 0 bridgehead atoms. The van der Waals surface area contributed by atoms with Gasteiger partial charge in [0.2, 0.25) is 0 Å². The number of nitrogens with zero attached hydrogens (tertiary/aromatic N) is 3. The van der Waals surface area contributed by atoms with E-state index in [-0.39, 0.29) is 0 Å². The van der Waals surface area contributed by atoms with E-state index in [0.717, 1.165) is 30.8 Å². The lowest BCUT2D eigenvalue weighted by atomic mass is 10.1. The van der Waals surface area contributed by atoms with Crippen LogP contribution in [0, 0.1) is 0 Å². The van der Waals surface area contributed by atoms with Gasteiger partial charge in [-0.15, -0.1) is 0 Å². The van der Waals surface area contributed by atoms with Crippen molar-refractivity contribution < 1.29 is 0 Å². The summed E-state index contributed by atoms with van der Waals surface area (Å²) in [7, 11) is 6.30. The lowest BCUT2D eigenvalue weighted by Gasteiger charge is -2.21. The highest BCUT2D eigenvalue weighted by atomic mass is 15.2. The Balaban J connectivity index is 2.33. The molecule has 2 aromatic rings. The van der Waals surface area contributed by atoms with Crippen molar-refractivity contribution in [2.24, 2.45) is 0 Å². The number of para-hydroxylation sites is 1. The summed E-state index contributed by atoms with van der Waals surface area (Å²) in [6.45, 7) is 4.22. The van der Waals surface area contributed by atoms with E-state index in [2.05, 4.69) is 68.2 Å². The Morgan fingerprint density at radius 2 is 1.79 bits per heavy atom. The minimum absolute atomic E-state index is 0.988. The molecular weight excluding hydrogens is 234 g/mol. The van der Waals surface area contributed by atoms with E-state index >= 15 is 0 Å². The summed E-state index contributed by atoms with van der Waals surface area (Å²) in [5, 5.41) is 1.27. The van der Waals surface area contributed by atoms with E-state index < -0.39 is 0 Å². The third kappa shape index (κ3) is 3.24. The first-order chi connectivity index (χ1) is 9.11. The Bertz CT molecular complexity index is 549. The Labute approximate surface area is 115 Å². The van der Waals surface area contributed by atoms with Crippen LogP contribution in [0.15, 0.2) is 30.3 Å². The number of hydrogen-bond donors (Lipinski definition) is 0. The summed E-state index contributed by atoms with van der Waals surface area (Å²) in [6.07, 6.45) is 1.04. The van der Waals surface area contributed by atoms with Crippen LogP contribution >= 0.6 is 0 Å². The molecule has 0 N–H and O–H groups in total. The Morgan fingerprint density at radius 3 is 2.47 bits per heavy atom. The maximum atomic E-state index is 4.77. The van der Waals surface area contributed by atoms with Crippen molar-refractivity contribution in [1.82, 2.24) is 9.88 Å². The molecule has 1 aromatic carbocycles. The summed E-state index contributed by atoms with van der Waals surface area (Å²) in [4.78, 5) is 9.19. The zero-order valence-electron chi connectivity index (χ0n) is 12.3. The Kier molecular flexibility index (Phi) is 4.38. The van der Waals surface area contributed by atoms with E-state index in [0.29, 0.717) is 0 Å². The Hall–Kier alpha value is -1.61. The van der Waals surface area contributed by atoms with Crippen molar-refractivity contribution in [2.75, 3.05) is 39.1 Å². The molecule has 0 saturated carbocycles. The fourth-order valence-corrected chi connectivity index (χ4v) is 2.18. The number of anilines is 1. The smallest absolute Gasteiger partial charge is 0.129 e. The van der Waals surface area contributed by atoms with Crippen molar-refractivity contribution in [3.63, 3.8) is 0 Å². The van der Waals surface area contributed by atoms with Crippen molar-refractivity contribution in [3.8, 4) is 0 Å². The van der Waals surface area contributed by atoms with Gasteiger partial charge in [-0.25, -0.2) is 4.98 Å². The highest BCUT2D eigenvalue weighted by molar-refractivity contribution is 5.84. The predicted octanol–water partition coefficient (Wildman–Crippen LogP) is 2.80. The van der Waals surface area contributed by atoms with Crippen LogP contribution in [-0.4, -0.2) is 44.1 Å². The SMILES string of the molecule is CCc1cc(N(C)CCN(C)C)nc2ccccc12. The molecule has 0 aliphatic carbocycles. The molecule has 0 saturated heterocycles. The number of aryl methyl sites for hydroxylation is 1. The molecule has 0 spiro atoms. The maximum Gasteiger partial charge on any atom is 0.129 e. The van der Waals surface area contributed by atoms with Crippen LogP contribution in [0.1, 0.15) is 12.5 Å². The molecule has 0 amide bonds. The van der Waals surface area contributed by atoms with Gasteiger partial charge in [-0.2, -0.15) is 0 Å². The average molecular weight is 257 g/mol. The number of benzene rings is 1. The van der Waals surface area contributed by atoms with Crippen LogP contribution in [0.5, 0.6) is 0 Å². The van der Waals surface area contributed by atoms with Gasteiger partial charge in [0, 0.05) is 25.5 Å². The molecule has 3 nitrogen and oxygen atoms in total. The second-order valence-corrected chi connectivity index (χ2v) is 5.24. The summed E-state index contributed by atoms with van der Waals surface area (Å²) in [6, 6.07) is 10.6. The second kappa shape index (κ2) is 6.02. The number of likely N-dealkylation sites (N-methyl/N-ethyl adjacent to an activating group) is 2. The van der Waals surface area contributed by atoms with Gasteiger partial charge in [0.25, 0.3) is 0 Å². The first kappa shape index (κ1) is 13.8. The van der Waals surface area contributed by atoms with Gasteiger partial charge >= 0.3 is 0 Å². The molecule has 0 aliphatic heterocycles. The molecule has 2 rings (SSSR count). The van der Waals surface area contributed by atoms with Gasteiger partial charge in [0.1, 0.15) is 5.82 Å².